The highest BCUT2D eigenvalue weighted by molar-refractivity contribution is 7.99. The number of hydrogen-bond acceptors (Lipinski definition) is 3. The number of imidazole rings is 1. The summed E-state index contributed by atoms with van der Waals surface area (Å²) in [6.45, 7) is 0. The lowest BCUT2D eigenvalue weighted by molar-refractivity contribution is -0.137. The van der Waals surface area contributed by atoms with E-state index in [-0.39, 0.29) is 11.7 Å². The summed E-state index contributed by atoms with van der Waals surface area (Å²) in [7, 11) is 1.81. The number of carbonyl (C=O) groups is 1. The maximum Gasteiger partial charge on any atom is 0.416 e. The number of nitrogens with zero attached hydrogens (tertiary/aromatic N) is 2. The molecule has 0 aliphatic rings. The first kappa shape index (κ1) is 15.4. The molecule has 2 rings (SSSR count). The van der Waals surface area contributed by atoms with Crippen LogP contribution in [0.25, 0.3) is 0 Å². The Labute approximate surface area is 123 Å². The topological polar surface area (TPSA) is 46.9 Å². The number of anilines is 1. The van der Waals surface area contributed by atoms with Crippen molar-refractivity contribution in [3.63, 3.8) is 0 Å². The van der Waals surface area contributed by atoms with Crippen molar-refractivity contribution in [2.75, 3.05) is 11.1 Å². The van der Waals surface area contributed by atoms with E-state index >= 15 is 0 Å². The predicted octanol–water partition coefficient (Wildman–Crippen LogP) is 3.17. The first-order valence-corrected chi connectivity index (χ1v) is 6.92. The molecule has 0 fully saturated rings. The van der Waals surface area contributed by atoms with Gasteiger partial charge in [-0.2, -0.15) is 13.2 Å². The Bertz CT molecular complexity index is 622. The minimum atomic E-state index is -4.38. The van der Waals surface area contributed by atoms with Gasteiger partial charge in [-0.15, -0.1) is 0 Å². The number of benzene rings is 1. The Morgan fingerprint density at radius 2 is 2.00 bits per heavy atom. The molecule has 21 heavy (non-hydrogen) atoms. The van der Waals surface area contributed by atoms with E-state index in [4.69, 9.17) is 0 Å². The molecule has 0 saturated carbocycles. The summed E-state index contributed by atoms with van der Waals surface area (Å²) in [5.41, 5.74) is -0.420. The zero-order chi connectivity index (χ0) is 15.5. The molecule has 1 heterocycles. The van der Waals surface area contributed by atoms with Crippen molar-refractivity contribution in [3.05, 3.63) is 42.2 Å². The summed E-state index contributed by atoms with van der Waals surface area (Å²) >= 11 is 1.25. The maximum absolute atomic E-state index is 12.4. The minimum absolute atomic E-state index is 0.131. The third-order valence-corrected chi connectivity index (χ3v) is 3.66. The quantitative estimate of drug-likeness (QED) is 0.882. The van der Waals surface area contributed by atoms with Gasteiger partial charge < -0.3 is 9.88 Å². The lowest BCUT2D eigenvalue weighted by Gasteiger charge is -2.08. The number of alkyl halides is 3. The molecule has 2 aromatic rings. The second-order valence-electron chi connectivity index (χ2n) is 4.23. The SMILES string of the molecule is Cn1ccnc1SCC(=O)Nc1ccc(C(F)(F)F)cc1. The maximum atomic E-state index is 12.4. The number of amides is 1. The molecule has 112 valence electrons. The van der Waals surface area contributed by atoms with E-state index in [0.717, 1.165) is 12.1 Å². The van der Waals surface area contributed by atoms with E-state index in [1.54, 1.807) is 17.0 Å². The molecule has 8 heteroatoms. The molecule has 0 atom stereocenters. The zero-order valence-electron chi connectivity index (χ0n) is 11.0. The van der Waals surface area contributed by atoms with Gasteiger partial charge in [-0.1, -0.05) is 11.8 Å². The van der Waals surface area contributed by atoms with Crippen molar-refractivity contribution in [3.8, 4) is 0 Å². The molecule has 1 aromatic heterocycles. The fourth-order valence-electron chi connectivity index (χ4n) is 1.56. The normalized spacial score (nSPS) is 11.4. The molecular weight excluding hydrogens is 303 g/mol. The predicted molar refractivity (Wildman–Crippen MR) is 74.0 cm³/mol. The zero-order valence-corrected chi connectivity index (χ0v) is 11.8. The van der Waals surface area contributed by atoms with Gasteiger partial charge in [0, 0.05) is 25.1 Å². The molecule has 1 N–H and O–H groups in total. The van der Waals surface area contributed by atoms with Crippen LogP contribution in [-0.4, -0.2) is 21.2 Å². The van der Waals surface area contributed by atoms with Gasteiger partial charge in [0.05, 0.1) is 11.3 Å². The molecule has 0 spiro atoms. The van der Waals surface area contributed by atoms with E-state index in [2.05, 4.69) is 10.3 Å². The number of aryl methyl sites for hydroxylation is 1. The number of hydrogen-bond donors (Lipinski definition) is 1. The molecule has 0 bridgehead atoms. The van der Waals surface area contributed by atoms with Crippen molar-refractivity contribution < 1.29 is 18.0 Å². The molecular formula is C13H12F3N3OS. The Morgan fingerprint density at radius 3 is 2.52 bits per heavy atom. The highest BCUT2D eigenvalue weighted by atomic mass is 32.2. The summed E-state index contributed by atoms with van der Waals surface area (Å²) in [6, 6.07) is 4.32. The third kappa shape index (κ3) is 4.25. The van der Waals surface area contributed by atoms with Crippen LogP contribution in [-0.2, 0) is 18.0 Å². The standard InChI is InChI=1S/C13H12F3N3OS/c1-19-7-6-17-12(19)21-8-11(20)18-10-4-2-9(3-5-10)13(14,15)16/h2-7H,8H2,1H3,(H,18,20). The van der Waals surface area contributed by atoms with E-state index in [1.165, 1.54) is 23.9 Å². The van der Waals surface area contributed by atoms with Crippen LogP contribution in [0.3, 0.4) is 0 Å². The molecule has 0 aliphatic heterocycles. The van der Waals surface area contributed by atoms with Gasteiger partial charge in [0.15, 0.2) is 5.16 Å². The van der Waals surface area contributed by atoms with Gasteiger partial charge in [-0.3, -0.25) is 4.79 Å². The third-order valence-electron chi connectivity index (χ3n) is 2.61. The van der Waals surface area contributed by atoms with Crippen molar-refractivity contribution in [1.29, 1.82) is 0 Å². The summed E-state index contributed by atoms with van der Waals surface area (Å²) in [6.07, 6.45) is -0.997. The van der Waals surface area contributed by atoms with Crippen LogP contribution < -0.4 is 5.32 Å². The second-order valence-corrected chi connectivity index (χ2v) is 5.18. The van der Waals surface area contributed by atoms with Crippen LogP contribution in [0.1, 0.15) is 5.56 Å². The van der Waals surface area contributed by atoms with Crippen molar-refractivity contribution >= 4 is 23.4 Å². The first-order valence-electron chi connectivity index (χ1n) is 5.93. The number of thioether (sulfide) groups is 1. The van der Waals surface area contributed by atoms with Crippen molar-refractivity contribution in [2.45, 2.75) is 11.3 Å². The van der Waals surface area contributed by atoms with E-state index < -0.39 is 11.7 Å². The summed E-state index contributed by atoms with van der Waals surface area (Å²) < 4.78 is 39.0. The fourth-order valence-corrected chi connectivity index (χ4v) is 2.29. The van der Waals surface area contributed by atoms with Crippen LogP contribution in [0, 0.1) is 0 Å². The van der Waals surface area contributed by atoms with Gasteiger partial charge in [0.25, 0.3) is 0 Å². The Morgan fingerprint density at radius 1 is 1.33 bits per heavy atom. The van der Waals surface area contributed by atoms with Crippen LogP contribution in [0.15, 0.2) is 41.8 Å². The average molecular weight is 315 g/mol. The molecule has 0 unspecified atom stereocenters. The largest absolute Gasteiger partial charge is 0.416 e. The second kappa shape index (κ2) is 6.21. The van der Waals surface area contributed by atoms with Gasteiger partial charge in [-0.25, -0.2) is 4.98 Å². The number of carbonyl (C=O) groups excluding carboxylic acids is 1. The van der Waals surface area contributed by atoms with Crippen LogP contribution in [0.2, 0.25) is 0 Å². The van der Waals surface area contributed by atoms with Gasteiger partial charge in [0.1, 0.15) is 0 Å². The van der Waals surface area contributed by atoms with Gasteiger partial charge in [0.2, 0.25) is 5.91 Å². The van der Waals surface area contributed by atoms with Crippen LogP contribution in [0.5, 0.6) is 0 Å². The van der Waals surface area contributed by atoms with Crippen molar-refractivity contribution in [1.82, 2.24) is 9.55 Å². The lowest BCUT2D eigenvalue weighted by Crippen LogP contribution is -2.14. The molecule has 1 amide bonds. The number of aromatic nitrogens is 2. The molecule has 4 nitrogen and oxygen atoms in total. The lowest BCUT2D eigenvalue weighted by atomic mass is 10.2. The van der Waals surface area contributed by atoms with Crippen LogP contribution >= 0.6 is 11.8 Å². The van der Waals surface area contributed by atoms with Crippen LogP contribution in [0.4, 0.5) is 18.9 Å². The molecule has 0 aliphatic carbocycles. The van der Waals surface area contributed by atoms with E-state index in [0.29, 0.717) is 10.8 Å². The van der Waals surface area contributed by atoms with E-state index in [9.17, 15) is 18.0 Å². The number of nitrogens with one attached hydrogen (secondary N) is 1. The Kier molecular flexibility index (Phi) is 4.56. The highest BCUT2D eigenvalue weighted by Gasteiger charge is 2.29. The fraction of sp³-hybridized carbons (Fsp3) is 0.231. The monoisotopic (exact) mass is 315 g/mol. The van der Waals surface area contributed by atoms with Gasteiger partial charge in [-0.05, 0) is 24.3 Å². The summed E-state index contributed by atoms with van der Waals surface area (Å²) in [4.78, 5) is 15.8. The van der Waals surface area contributed by atoms with Crippen molar-refractivity contribution in [2.24, 2.45) is 7.05 Å². The average Bonchev–Trinajstić information content (AvgIpc) is 2.81. The minimum Gasteiger partial charge on any atom is -0.329 e. The number of rotatable bonds is 4. The first-order chi connectivity index (χ1) is 9.86. The Balaban J connectivity index is 1.89. The Hall–Kier alpha value is -1.96. The molecule has 1 aromatic carbocycles. The highest BCUT2D eigenvalue weighted by Crippen LogP contribution is 2.29. The molecule has 0 saturated heterocycles. The smallest absolute Gasteiger partial charge is 0.329 e. The van der Waals surface area contributed by atoms with Gasteiger partial charge >= 0.3 is 6.18 Å². The number of halogens is 3. The summed E-state index contributed by atoms with van der Waals surface area (Å²) in [5, 5.41) is 3.23. The molecule has 0 radical (unpaired) electrons. The van der Waals surface area contributed by atoms with E-state index in [1.807, 2.05) is 7.05 Å². The summed E-state index contributed by atoms with van der Waals surface area (Å²) in [5.74, 6) is -0.172.